The Bertz CT molecular complexity index is 432. The average Bonchev–Trinajstić information content (AvgIpc) is 2.37. The first-order chi connectivity index (χ1) is 9.02. The van der Waals surface area contributed by atoms with Crippen LogP contribution in [0.4, 0.5) is 0 Å². The van der Waals surface area contributed by atoms with Gasteiger partial charge in [-0.1, -0.05) is 31.3 Å². The van der Waals surface area contributed by atoms with Crippen molar-refractivity contribution in [2.75, 3.05) is 6.54 Å². The highest BCUT2D eigenvalue weighted by Crippen LogP contribution is 2.14. The first kappa shape index (κ1) is 15.4. The van der Waals surface area contributed by atoms with Gasteiger partial charge in [0.2, 0.25) is 0 Å². The number of hydrogen-bond donors (Lipinski definition) is 2. The van der Waals surface area contributed by atoms with Crippen molar-refractivity contribution in [3.05, 3.63) is 29.8 Å². The number of rotatable bonds is 7. The van der Waals surface area contributed by atoms with E-state index in [1.165, 1.54) is 0 Å². The van der Waals surface area contributed by atoms with Gasteiger partial charge in [-0.05, 0) is 31.0 Å². The maximum absolute atomic E-state index is 11.6. The van der Waals surface area contributed by atoms with E-state index in [-0.39, 0.29) is 5.91 Å². The fourth-order valence-corrected chi connectivity index (χ4v) is 1.70. The molecule has 0 bridgehead atoms. The molecular formula is C14H20N2O2S. The zero-order valence-corrected chi connectivity index (χ0v) is 12.1. The van der Waals surface area contributed by atoms with Gasteiger partial charge in [-0.3, -0.25) is 4.79 Å². The second-order valence-electron chi connectivity index (χ2n) is 4.34. The van der Waals surface area contributed by atoms with Crippen LogP contribution in [0.15, 0.2) is 24.3 Å². The first-order valence-corrected chi connectivity index (χ1v) is 6.75. The Hall–Kier alpha value is -1.62. The van der Waals surface area contributed by atoms with Crippen molar-refractivity contribution in [1.29, 1.82) is 0 Å². The molecule has 1 unspecified atom stereocenters. The fraction of sp³-hybridized carbons (Fsp3) is 0.429. The summed E-state index contributed by atoms with van der Waals surface area (Å²) in [7, 11) is 0. The third-order valence-electron chi connectivity index (χ3n) is 2.53. The summed E-state index contributed by atoms with van der Waals surface area (Å²) in [5, 5.41) is 2.79. The predicted molar refractivity (Wildman–Crippen MR) is 80.3 cm³/mol. The maximum atomic E-state index is 11.6. The number of thiocarbonyl (C=S) groups is 1. The van der Waals surface area contributed by atoms with Crippen LogP contribution in [0.1, 0.15) is 25.8 Å². The average molecular weight is 280 g/mol. The van der Waals surface area contributed by atoms with Crippen molar-refractivity contribution in [2.24, 2.45) is 5.73 Å². The minimum absolute atomic E-state index is 0.103. The van der Waals surface area contributed by atoms with E-state index in [9.17, 15) is 4.79 Å². The van der Waals surface area contributed by atoms with Gasteiger partial charge >= 0.3 is 0 Å². The van der Waals surface area contributed by atoms with E-state index in [4.69, 9.17) is 22.7 Å². The van der Waals surface area contributed by atoms with Crippen LogP contribution in [0, 0.1) is 0 Å². The van der Waals surface area contributed by atoms with Crippen molar-refractivity contribution in [3.8, 4) is 5.75 Å². The third kappa shape index (κ3) is 5.70. The molecule has 1 aromatic carbocycles. The number of carbonyl (C=O) groups excluding carboxylic acids is 1. The molecule has 0 fully saturated rings. The topological polar surface area (TPSA) is 64.3 Å². The number of hydrogen-bond acceptors (Lipinski definition) is 3. The molecule has 0 radical (unpaired) electrons. The summed E-state index contributed by atoms with van der Waals surface area (Å²) in [5.74, 6) is 0.555. The van der Waals surface area contributed by atoms with Gasteiger partial charge < -0.3 is 15.8 Å². The van der Waals surface area contributed by atoms with Crippen LogP contribution >= 0.6 is 12.2 Å². The van der Waals surface area contributed by atoms with Crippen LogP contribution in [0.3, 0.4) is 0 Å². The van der Waals surface area contributed by atoms with Crippen LogP contribution in [-0.2, 0) is 11.2 Å². The van der Waals surface area contributed by atoms with Crippen LogP contribution in [0.25, 0.3) is 0 Å². The second-order valence-corrected chi connectivity index (χ2v) is 4.86. The van der Waals surface area contributed by atoms with Crippen molar-refractivity contribution < 1.29 is 9.53 Å². The van der Waals surface area contributed by atoms with Crippen molar-refractivity contribution in [2.45, 2.75) is 32.8 Å². The summed E-state index contributed by atoms with van der Waals surface area (Å²) >= 11 is 4.85. The van der Waals surface area contributed by atoms with E-state index in [1.807, 2.05) is 31.2 Å². The molecule has 0 aliphatic carbocycles. The second kappa shape index (κ2) is 7.74. The van der Waals surface area contributed by atoms with Crippen LogP contribution in [0.2, 0.25) is 0 Å². The standard InChI is InChI=1S/C14H20N2O2S/c1-3-8-16-14(17)10(2)18-12-6-4-11(5-7-12)9-13(15)19/h4-7,10H,3,8-9H2,1-2H3,(H2,15,19)(H,16,17). The normalized spacial score (nSPS) is 11.7. The molecule has 1 atom stereocenters. The van der Waals surface area contributed by atoms with E-state index in [0.717, 1.165) is 12.0 Å². The molecule has 1 rings (SSSR count). The Morgan fingerprint density at radius 2 is 2.05 bits per heavy atom. The van der Waals surface area contributed by atoms with E-state index < -0.39 is 6.10 Å². The molecule has 3 N–H and O–H groups in total. The zero-order chi connectivity index (χ0) is 14.3. The number of nitrogens with one attached hydrogen (secondary N) is 1. The number of benzene rings is 1. The molecule has 0 aromatic heterocycles. The SMILES string of the molecule is CCCNC(=O)C(C)Oc1ccc(CC(N)=S)cc1. The Morgan fingerprint density at radius 1 is 1.42 bits per heavy atom. The van der Waals surface area contributed by atoms with Crippen molar-refractivity contribution in [1.82, 2.24) is 5.32 Å². The van der Waals surface area contributed by atoms with Crippen molar-refractivity contribution >= 4 is 23.1 Å². The van der Waals surface area contributed by atoms with Crippen LogP contribution < -0.4 is 15.8 Å². The highest BCUT2D eigenvalue weighted by Gasteiger charge is 2.13. The van der Waals surface area contributed by atoms with E-state index in [2.05, 4.69) is 5.32 Å². The summed E-state index contributed by atoms with van der Waals surface area (Å²) in [5.41, 5.74) is 6.51. The molecule has 19 heavy (non-hydrogen) atoms. The summed E-state index contributed by atoms with van der Waals surface area (Å²) in [6.07, 6.45) is 0.974. The lowest BCUT2D eigenvalue weighted by Gasteiger charge is -2.14. The molecule has 104 valence electrons. The molecule has 1 amide bonds. The summed E-state index contributed by atoms with van der Waals surface area (Å²) in [6.45, 7) is 4.40. The molecule has 0 spiro atoms. The molecule has 0 saturated heterocycles. The smallest absolute Gasteiger partial charge is 0.260 e. The fourth-order valence-electron chi connectivity index (χ4n) is 1.54. The molecule has 0 saturated carbocycles. The molecule has 0 heterocycles. The van der Waals surface area contributed by atoms with Gasteiger partial charge in [0.15, 0.2) is 6.10 Å². The number of nitrogens with two attached hydrogens (primary N) is 1. The van der Waals surface area contributed by atoms with Gasteiger partial charge in [-0.15, -0.1) is 0 Å². The van der Waals surface area contributed by atoms with Gasteiger partial charge in [-0.25, -0.2) is 0 Å². The monoisotopic (exact) mass is 280 g/mol. The summed E-state index contributed by atoms with van der Waals surface area (Å²) in [4.78, 5) is 12.1. The third-order valence-corrected chi connectivity index (χ3v) is 2.68. The van der Waals surface area contributed by atoms with Gasteiger partial charge in [0.05, 0.1) is 4.99 Å². The Kier molecular flexibility index (Phi) is 6.29. The quantitative estimate of drug-likeness (QED) is 0.748. The minimum atomic E-state index is -0.506. The minimum Gasteiger partial charge on any atom is -0.481 e. The lowest BCUT2D eigenvalue weighted by Crippen LogP contribution is -2.36. The Morgan fingerprint density at radius 3 is 2.58 bits per heavy atom. The molecule has 1 aromatic rings. The molecular weight excluding hydrogens is 260 g/mol. The molecule has 4 nitrogen and oxygen atoms in total. The highest BCUT2D eigenvalue weighted by molar-refractivity contribution is 7.80. The predicted octanol–water partition coefficient (Wildman–Crippen LogP) is 1.81. The van der Waals surface area contributed by atoms with E-state index in [1.54, 1.807) is 6.92 Å². The molecule has 0 aliphatic heterocycles. The molecule has 0 aliphatic rings. The van der Waals surface area contributed by atoms with Crippen molar-refractivity contribution in [3.63, 3.8) is 0 Å². The number of amides is 1. The number of carbonyl (C=O) groups is 1. The van der Waals surface area contributed by atoms with Gasteiger partial charge in [0.1, 0.15) is 5.75 Å². The lowest BCUT2D eigenvalue weighted by molar-refractivity contribution is -0.127. The Balaban J connectivity index is 2.52. The zero-order valence-electron chi connectivity index (χ0n) is 11.3. The maximum Gasteiger partial charge on any atom is 0.260 e. The van der Waals surface area contributed by atoms with Gasteiger partial charge in [0, 0.05) is 13.0 Å². The summed E-state index contributed by atoms with van der Waals surface area (Å²) < 4.78 is 5.56. The lowest BCUT2D eigenvalue weighted by atomic mass is 10.1. The van der Waals surface area contributed by atoms with Crippen LogP contribution in [0.5, 0.6) is 5.75 Å². The summed E-state index contributed by atoms with van der Waals surface area (Å²) in [6, 6.07) is 7.42. The number of ether oxygens (including phenoxy) is 1. The van der Waals surface area contributed by atoms with Gasteiger partial charge in [-0.2, -0.15) is 0 Å². The van der Waals surface area contributed by atoms with Gasteiger partial charge in [0.25, 0.3) is 5.91 Å². The largest absolute Gasteiger partial charge is 0.481 e. The Labute approximate surface area is 119 Å². The van der Waals surface area contributed by atoms with Crippen LogP contribution in [-0.4, -0.2) is 23.5 Å². The van der Waals surface area contributed by atoms with E-state index >= 15 is 0 Å². The molecule has 5 heteroatoms. The first-order valence-electron chi connectivity index (χ1n) is 6.34. The highest BCUT2D eigenvalue weighted by atomic mass is 32.1. The van der Waals surface area contributed by atoms with E-state index in [0.29, 0.717) is 23.7 Å².